The Labute approximate surface area is 236 Å². The van der Waals surface area contributed by atoms with E-state index in [-0.39, 0.29) is 17.1 Å². The third kappa shape index (κ3) is 4.50. The van der Waals surface area contributed by atoms with Crippen molar-refractivity contribution >= 4 is 52.2 Å². The number of nitrogens with zero attached hydrogens (tertiary/aromatic N) is 2. The number of carbonyl (C=O) groups is 3. The normalized spacial score (nSPS) is 19.8. The van der Waals surface area contributed by atoms with Crippen LogP contribution < -0.4 is 19.8 Å². The Morgan fingerprint density at radius 3 is 2.33 bits per heavy atom. The molecule has 3 unspecified atom stereocenters. The van der Waals surface area contributed by atoms with Crippen LogP contribution in [0.3, 0.4) is 0 Å². The number of fused-ring (bicyclic) bond motifs is 2. The highest BCUT2D eigenvalue weighted by molar-refractivity contribution is 8.00. The fourth-order valence-corrected chi connectivity index (χ4v) is 7.91. The molecule has 0 bridgehead atoms. The number of halogens is 1. The Bertz CT molecular complexity index is 1670. The van der Waals surface area contributed by atoms with Crippen molar-refractivity contribution < 1.29 is 23.5 Å². The highest BCUT2D eigenvalue weighted by Crippen LogP contribution is 2.53. The molecule has 0 spiro atoms. The zero-order valence-electron chi connectivity index (χ0n) is 21.1. The number of aromatic nitrogens is 1. The predicted molar refractivity (Wildman–Crippen MR) is 151 cm³/mol. The molecule has 40 heavy (non-hydrogen) atoms. The van der Waals surface area contributed by atoms with E-state index in [9.17, 15) is 23.6 Å². The van der Waals surface area contributed by atoms with Crippen molar-refractivity contribution in [2.45, 2.75) is 22.7 Å². The summed E-state index contributed by atoms with van der Waals surface area (Å²) in [6, 6.07) is 21.3. The van der Waals surface area contributed by atoms with Crippen LogP contribution in [0.1, 0.15) is 16.4 Å². The largest absolute Gasteiger partial charge is 0.497 e. The number of nitrogens with one attached hydrogen (secondary N) is 1. The molecule has 4 aromatic rings. The molecule has 3 amide bonds. The van der Waals surface area contributed by atoms with Crippen LogP contribution in [0.4, 0.5) is 15.8 Å². The van der Waals surface area contributed by atoms with Crippen LogP contribution >= 0.6 is 23.1 Å². The third-order valence-electron chi connectivity index (χ3n) is 6.97. The number of thiazole rings is 1. The van der Waals surface area contributed by atoms with E-state index >= 15 is 0 Å². The lowest BCUT2D eigenvalue weighted by Gasteiger charge is -2.30. The van der Waals surface area contributed by atoms with Crippen LogP contribution in [-0.2, 0) is 20.9 Å². The number of rotatable bonds is 6. The first kappa shape index (κ1) is 26.0. The Kier molecular flexibility index (Phi) is 6.77. The van der Waals surface area contributed by atoms with E-state index in [1.165, 1.54) is 28.8 Å². The minimum Gasteiger partial charge on any atom is -0.497 e. The van der Waals surface area contributed by atoms with Gasteiger partial charge in [0, 0.05) is 16.5 Å². The maximum Gasteiger partial charge on any atom is 0.308 e. The summed E-state index contributed by atoms with van der Waals surface area (Å²) in [4.78, 5) is 55.0. The van der Waals surface area contributed by atoms with E-state index in [2.05, 4.69) is 5.32 Å². The first-order valence-corrected chi connectivity index (χ1v) is 14.1. The number of methoxy groups -OCH3 is 1. The number of amides is 3. The van der Waals surface area contributed by atoms with E-state index < -0.39 is 40.6 Å². The highest BCUT2D eigenvalue weighted by Gasteiger charge is 2.56. The van der Waals surface area contributed by atoms with Crippen molar-refractivity contribution in [3.05, 3.63) is 105 Å². The quantitative estimate of drug-likeness (QED) is 0.340. The summed E-state index contributed by atoms with van der Waals surface area (Å²) in [6.45, 7) is -0.258. The predicted octanol–water partition coefficient (Wildman–Crippen LogP) is 4.49. The number of hydrogen-bond donors (Lipinski definition) is 1. The molecule has 0 radical (unpaired) electrons. The molecular formula is C29H22FN3O5S2. The fourth-order valence-electron chi connectivity index (χ4n) is 5.14. The van der Waals surface area contributed by atoms with Crippen LogP contribution in [0.2, 0.25) is 0 Å². The average molecular weight is 576 g/mol. The van der Waals surface area contributed by atoms with Crippen LogP contribution in [0.25, 0.3) is 0 Å². The first-order chi connectivity index (χ1) is 19.4. The van der Waals surface area contributed by atoms with Gasteiger partial charge in [0.2, 0.25) is 17.7 Å². The van der Waals surface area contributed by atoms with Crippen molar-refractivity contribution in [3.63, 3.8) is 0 Å². The summed E-state index contributed by atoms with van der Waals surface area (Å²) in [5, 5.41) is 2.46. The number of imide groups is 1. The van der Waals surface area contributed by atoms with Crippen molar-refractivity contribution in [1.29, 1.82) is 0 Å². The molecule has 11 heteroatoms. The zero-order valence-corrected chi connectivity index (χ0v) is 22.7. The number of carbonyl (C=O) groups excluding carboxylic acids is 3. The van der Waals surface area contributed by atoms with E-state index in [0.717, 1.165) is 33.6 Å². The van der Waals surface area contributed by atoms with Gasteiger partial charge in [0.15, 0.2) is 0 Å². The van der Waals surface area contributed by atoms with Gasteiger partial charge < -0.3 is 10.1 Å². The van der Waals surface area contributed by atoms with E-state index in [4.69, 9.17) is 4.74 Å². The first-order valence-electron chi connectivity index (χ1n) is 12.4. The standard InChI is InChI=1S/C29H22FN3O5S2/c1-38-20-13-9-18(10-14-20)31-21(34)15-32-28-25(40-29(32)37)22(16-5-3-2-4-6-16)23-24(39-28)27(36)33(26(23)35)19-11-7-17(30)8-12-19/h2-14,22-24H,15H2,1H3,(H,31,34). The zero-order chi connectivity index (χ0) is 28.0. The smallest absolute Gasteiger partial charge is 0.308 e. The van der Waals surface area contributed by atoms with E-state index in [1.54, 1.807) is 31.4 Å². The highest BCUT2D eigenvalue weighted by atomic mass is 32.2. The van der Waals surface area contributed by atoms with E-state index in [1.807, 2.05) is 30.3 Å². The maximum atomic E-state index is 13.8. The number of hydrogen-bond acceptors (Lipinski definition) is 7. The van der Waals surface area contributed by atoms with Crippen molar-refractivity contribution in [2.24, 2.45) is 5.92 Å². The number of benzene rings is 3. The molecule has 8 nitrogen and oxygen atoms in total. The van der Waals surface area contributed by atoms with Gasteiger partial charge in [0.25, 0.3) is 0 Å². The summed E-state index contributed by atoms with van der Waals surface area (Å²) in [5.74, 6) is -2.41. The number of anilines is 2. The van der Waals surface area contributed by atoms with E-state index in [0.29, 0.717) is 21.3 Å². The molecule has 2 aliphatic heterocycles. The van der Waals surface area contributed by atoms with Gasteiger partial charge in [-0.05, 0) is 54.1 Å². The topological polar surface area (TPSA) is 97.7 Å². The van der Waals surface area contributed by atoms with Gasteiger partial charge in [-0.2, -0.15) is 0 Å². The summed E-state index contributed by atoms with van der Waals surface area (Å²) in [5.41, 5.74) is 1.62. The third-order valence-corrected chi connectivity index (χ3v) is 9.57. The maximum absolute atomic E-state index is 13.8. The second-order valence-electron chi connectivity index (χ2n) is 9.34. The molecule has 202 valence electrons. The van der Waals surface area contributed by atoms with Crippen LogP contribution in [-0.4, -0.2) is 34.6 Å². The van der Waals surface area contributed by atoms with Crippen LogP contribution in [0, 0.1) is 11.7 Å². The van der Waals surface area contributed by atoms with Gasteiger partial charge in [-0.1, -0.05) is 53.4 Å². The van der Waals surface area contributed by atoms with Crippen molar-refractivity contribution in [2.75, 3.05) is 17.3 Å². The Morgan fingerprint density at radius 1 is 0.950 bits per heavy atom. The van der Waals surface area contributed by atoms with Gasteiger partial charge in [0.05, 0.1) is 23.7 Å². The average Bonchev–Trinajstić information content (AvgIpc) is 3.40. The molecule has 1 saturated heterocycles. The molecule has 1 fully saturated rings. The molecule has 3 aromatic carbocycles. The minimum atomic E-state index is -0.819. The summed E-state index contributed by atoms with van der Waals surface area (Å²) < 4.78 is 20.1. The van der Waals surface area contributed by atoms with Gasteiger partial charge in [0.1, 0.15) is 23.4 Å². The number of thioether (sulfide) groups is 1. The van der Waals surface area contributed by atoms with Gasteiger partial charge in [-0.15, -0.1) is 0 Å². The number of ether oxygens (including phenoxy) is 1. The van der Waals surface area contributed by atoms with Crippen molar-refractivity contribution in [3.8, 4) is 5.75 Å². The lowest BCUT2D eigenvalue weighted by atomic mass is 9.83. The van der Waals surface area contributed by atoms with Crippen molar-refractivity contribution in [1.82, 2.24) is 4.57 Å². The Hall–Kier alpha value is -4.22. The van der Waals surface area contributed by atoms with Crippen LogP contribution in [0.5, 0.6) is 5.75 Å². The Morgan fingerprint density at radius 2 is 1.65 bits per heavy atom. The summed E-state index contributed by atoms with van der Waals surface area (Å²) in [6.07, 6.45) is 0. The van der Waals surface area contributed by atoms with Gasteiger partial charge in [-0.25, -0.2) is 9.29 Å². The lowest BCUT2D eigenvalue weighted by Crippen LogP contribution is -2.33. The second kappa shape index (κ2) is 10.4. The fraction of sp³-hybridized carbons (Fsp3) is 0.172. The van der Waals surface area contributed by atoms with Gasteiger partial charge in [-0.3, -0.25) is 23.7 Å². The van der Waals surface area contributed by atoms with Crippen LogP contribution in [0.15, 0.2) is 88.7 Å². The Balaban J connectivity index is 1.37. The lowest BCUT2D eigenvalue weighted by molar-refractivity contribution is -0.122. The second-order valence-corrected chi connectivity index (χ2v) is 11.5. The minimum absolute atomic E-state index is 0.258. The molecular weight excluding hydrogens is 553 g/mol. The summed E-state index contributed by atoms with van der Waals surface area (Å²) in [7, 11) is 1.55. The SMILES string of the molecule is COc1ccc(NC(=O)Cn2c3c(sc2=O)C(c2ccccc2)C2C(=O)N(c4ccc(F)cc4)C(=O)C2S3)cc1. The molecule has 1 aromatic heterocycles. The molecule has 3 heterocycles. The molecule has 1 N–H and O–H groups in total. The monoisotopic (exact) mass is 575 g/mol. The molecule has 0 aliphatic carbocycles. The van der Waals surface area contributed by atoms with Gasteiger partial charge >= 0.3 is 4.87 Å². The molecule has 0 saturated carbocycles. The molecule has 6 rings (SSSR count). The summed E-state index contributed by atoms with van der Waals surface area (Å²) >= 11 is 2.11. The molecule has 2 aliphatic rings. The molecule has 3 atom stereocenters.